The Labute approximate surface area is 187 Å². The third kappa shape index (κ3) is 5.66. The number of oxazole rings is 1. The molecule has 2 aromatic rings. The number of rotatable bonds is 4. The van der Waals surface area contributed by atoms with Crippen molar-refractivity contribution in [3.63, 3.8) is 0 Å². The van der Waals surface area contributed by atoms with Crippen LogP contribution in [-0.4, -0.2) is 31.2 Å². The number of benzene rings is 1. The van der Waals surface area contributed by atoms with Gasteiger partial charge >= 0.3 is 0 Å². The van der Waals surface area contributed by atoms with E-state index in [1.165, 1.54) is 0 Å². The maximum Gasteiger partial charge on any atom is 0.213 e. The van der Waals surface area contributed by atoms with Crippen LogP contribution in [-0.2, 0) is 18.5 Å². The molecule has 0 fully saturated rings. The van der Waals surface area contributed by atoms with Crippen molar-refractivity contribution in [3.05, 3.63) is 40.6 Å². The maximum absolute atomic E-state index is 6.28. The van der Waals surface area contributed by atoms with E-state index in [1.807, 2.05) is 12.1 Å². The normalized spacial score (nSPS) is 13.7. The zero-order valence-electron chi connectivity index (χ0n) is 16.5. The van der Waals surface area contributed by atoms with Crippen LogP contribution in [0.4, 0.5) is 0 Å². The Morgan fingerprint density at radius 3 is 2.57 bits per heavy atom. The Bertz CT molecular complexity index is 833. The summed E-state index contributed by atoms with van der Waals surface area (Å²) in [4.78, 5) is 8.53. The predicted molar refractivity (Wildman–Crippen MR) is 120 cm³/mol. The van der Waals surface area contributed by atoms with E-state index in [1.54, 1.807) is 13.2 Å². The van der Waals surface area contributed by atoms with Crippen LogP contribution < -0.4 is 20.1 Å². The molecule has 0 aliphatic carbocycles. The molecule has 1 aliphatic heterocycles. The number of aromatic nitrogens is 1. The molecule has 154 valence electrons. The van der Waals surface area contributed by atoms with E-state index < -0.39 is 0 Å². The number of halogens is 2. The van der Waals surface area contributed by atoms with Gasteiger partial charge in [-0.3, -0.25) is 4.99 Å². The van der Waals surface area contributed by atoms with Crippen molar-refractivity contribution in [2.75, 3.05) is 20.3 Å². The van der Waals surface area contributed by atoms with E-state index in [0.717, 1.165) is 11.3 Å². The van der Waals surface area contributed by atoms with Crippen LogP contribution in [0, 0.1) is 0 Å². The SMILES string of the molecule is CN=C(NCc1cc(Cl)c2c(c1)OCCO2)NCc1ncc(C(C)(C)C)o1.I. The van der Waals surface area contributed by atoms with E-state index in [9.17, 15) is 0 Å². The summed E-state index contributed by atoms with van der Waals surface area (Å²) in [5.41, 5.74) is 0.904. The second-order valence-corrected chi connectivity index (χ2v) is 7.66. The summed E-state index contributed by atoms with van der Waals surface area (Å²) < 4.78 is 16.9. The average Bonchev–Trinajstić information content (AvgIpc) is 3.11. The van der Waals surface area contributed by atoms with Crippen molar-refractivity contribution >= 4 is 41.5 Å². The van der Waals surface area contributed by atoms with Gasteiger partial charge in [-0.1, -0.05) is 32.4 Å². The van der Waals surface area contributed by atoms with Gasteiger partial charge in [-0.25, -0.2) is 4.98 Å². The highest BCUT2D eigenvalue weighted by molar-refractivity contribution is 14.0. The summed E-state index contributed by atoms with van der Waals surface area (Å²) in [7, 11) is 1.71. The lowest BCUT2D eigenvalue weighted by atomic mass is 9.94. The number of guanidine groups is 1. The summed E-state index contributed by atoms with van der Waals surface area (Å²) in [5.74, 6) is 3.38. The van der Waals surface area contributed by atoms with E-state index in [0.29, 0.717) is 54.7 Å². The minimum Gasteiger partial charge on any atom is -0.486 e. The van der Waals surface area contributed by atoms with Gasteiger partial charge in [-0.2, -0.15) is 0 Å². The smallest absolute Gasteiger partial charge is 0.213 e. The van der Waals surface area contributed by atoms with Gasteiger partial charge in [0.05, 0.1) is 17.8 Å². The van der Waals surface area contributed by atoms with Crippen LogP contribution >= 0.6 is 35.6 Å². The number of nitrogens with zero attached hydrogens (tertiary/aromatic N) is 2. The van der Waals surface area contributed by atoms with Gasteiger partial charge in [0.1, 0.15) is 19.0 Å². The highest BCUT2D eigenvalue weighted by atomic mass is 127. The van der Waals surface area contributed by atoms with Crippen molar-refractivity contribution in [1.29, 1.82) is 0 Å². The third-order valence-electron chi connectivity index (χ3n) is 4.04. The van der Waals surface area contributed by atoms with Gasteiger partial charge in [0.15, 0.2) is 17.5 Å². The first-order chi connectivity index (χ1) is 12.9. The minimum atomic E-state index is -0.0668. The first-order valence-corrected chi connectivity index (χ1v) is 9.22. The Morgan fingerprint density at radius 1 is 1.18 bits per heavy atom. The molecular formula is C19H26ClIN4O3. The van der Waals surface area contributed by atoms with Crippen molar-refractivity contribution in [3.8, 4) is 11.5 Å². The Kier molecular flexibility index (Phi) is 7.82. The van der Waals surface area contributed by atoms with Crippen LogP contribution in [0.15, 0.2) is 27.7 Å². The standard InChI is InChI=1S/C19H25ClN4O3.HI/c1-19(2,3)15-10-22-16(27-15)11-24-18(21-4)23-9-12-7-13(20)17-14(8-12)25-5-6-26-17;/h7-8,10H,5-6,9,11H2,1-4H3,(H2,21,23,24);1H. The molecule has 0 unspecified atom stereocenters. The molecule has 0 bridgehead atoms. The summed E-state index contributed by atoms with van der Waals surface area (Å²) in [6.45, 7) is 8.28. The monoisotopic (exact) mass is 520 g/mol. The number of hydrogen-bond acceptors (Lipinski definition) is 5. The molecule has 0 radical (unpaired) electrons. The molecule has 2 N–H and O–H groups in total. The van der Waals surface area contributed by atoms with Gasteiger partial charge in [-0.05, 0) is 17.7 Å². The molecule has 3 rings (SSSR count). The number of nitrogens with one attached hydrogen (secondary N) is 2. The third-order valence-corrected chi connectivity index (χ3v) is 4.32. The highest BCUT2D eigenvalue weighted by Gasteiger charge is 2.19. The quantitative estimate of drug-likeness (QED) is 0.362. The molecular weight excluding hydrogens is 495 g/mol. The molecule has 0 saturated carbocycles. The lowest BCUT2D eigenvalue weighted by Gasteiger charge is -2.20. The molecule has 2 heterocycles. The number of fused-ring (bicyclic) bond motifs is 1. The van der Waals surface area contributed by atoms with Crippen LogP contribution in [0.5, 0.6) is 11.5 Å². The van der Waals surface area contributed by atoms with E-state index in [4.69, 9.17) is 25.5 Å². The Balaban J connectivity index is 0.00000280. The van der Waals surface area contributed by atoms with E-state index >= 15 is 0 Å². The zero-order valence-corrected chi connectivity index (χ0v) is 19.6. The van der Waals surface area contributed by atoms with Gasteiger partial charge in [0.25, 0.3) is 0 Å². The first-order valence-electron chi connectivity index (χ1n) is 8.84. The molecule has 0 saturated heterocycles. The van der Waals surface area contributed by atoms with Gasteiger partial charge in [0.2, 0.25) is 5.89 Å². The van der Waals surface area contributed by atoms with E-state index in [-0.39, 0.29) is 29.4 Å². The van der Waals surface area contributed by atoms with Crippen molar-refractivity contribution in [1.82, 2.24) is 15.6 Å². The lowest BCUT2D eigenvalue weighted by molar-refractivity contribution is 0.171. The molecule has 1 aromatic heterocycles. The summed E-state index contributed by atoms with van der Waals surface area (Å²) in [6, 6.07) is 3.78. The van der Waals surface area contributed by atoms with Crippen molar-refractivity contribution in [2.24, 2.45) is 4.99 Å². The van der Waals surface area contributed by atoms with Crippen LogP contribution in [0.25, 0.3) is 0 Å². The van der Waals surface area contributed by atoms with Gasteiger partial charge < -0.3 is 24.5 Å². The predicted octanol–water partition coefficient (Wildman–Crippen LogP) is 3.88. The van der Waals surface area contributed by atoms with Crippen LogP contribution in [0.1, 0.15) is 38.0 Å². The molecule has 7 nitrogen and oxygen atoms in total. The second-order valence-electron chi connectivity index (χ2n) is 7.25. The Hall–Kier alpha value is -1.68. The Morgan fingerprint density at radius 2 is 1.89 bits per heavy atom. The zero-order chi connectivity index (χ0) is 19.4. The molecule has 28 heavy (non-hydrogen) atoms. The first kappa shape index (κ1) is 22.6. The van der Waals surface area contributed by atoms with Gasteiger partial charge in [0, 0.05) is 19.0 Å². The minimum absolute atomic E-state index is 0. The van der Waals surface area contributed by atoms with Crippen molar-refractivity contribution in [2.45, 2.75) is 39.3 Å². The van der Waals surface area contributed by atoms with Crippen LogP contribution in [0.2, 0.25) is 5.02 Å². The largest absolute Gasteiger partial charge is 0.486 e. The average molecular weight is 521 g/mol. The molecule has 1 aliphatic rings. The van der Waals surface area contributed by atoms with Crippen LogP contribution in [0.3, 0.4) is 0 Å². The summed E-state index contributed by atoms with van der Waals surface area (Å²) >= 11 is 6.28. The molecule has 9 heteroatoms. The molecule has 1 aromatic carbocycles. The van der Waals surface area contributed by atoms with Crippen molar-refractivity contribution < 1.29 is 13.9 Å². The number of ether oxygens (including phenoxy) is 2. The number of hydrogen-bond donors (Lipinski definition) is 2. The fourth-order valence-corrected chi connectivity index (χ4v) is 2.86. The fourth-order valence-electron chi connectivity index (χ4n) is 2.57. The molecule has 0 atom stereocenters. The highest BCUT2D eigenvalue weighted by Crippen LogP contribution is 2.38. The second kappa shape index (κ2) is 9.69. The summed E-state index contributed by atoms with van der Waals surface area (Å²) in [5, 5.41) is 6.98. The molecule has 0 amide bonds. The topological polar surface area (TPSA) is 80.9 Å². The van der Waals surface area contributed by atoms with E-state index in [2.05, 4.69) is 41.4 Å². The lowest BCUT2D eigenvalue weighted by Crippen LogP contribution is -2.36. The maximum atomic E-state index is 6.28. The summed E-state index contributed by atoms with van der Waals surface area (Å²) in [6.07, 6.45) is 1.77. The number of aliphatic imine (C=N–C) groups is 1. The van der Waals surface area contributed by atoms with Gasteiger partial charge in [-0.15, -0.1) is 24.0 Å². The molecule has 0 spiro atoms. The fraction of sp³-hybridized carbons (Fsp3) is 0.474.